The average Bonchev–Trinajstić information content (AvgIpc) is 2.26. The molecule has 0 radical (unpaired) electrons. The van der Waals surface area contributed by atoms with Crippen LogP contribution in [-0.2, 0) is 6.42 Å². The number of hydrogen-bond acceptors (Lipinski definition) is 2. The summed E-state index contributed by atoms with van der Waals surface area (Å²) >= 11 is 0. The summed E-state index contributed by atoms with van der Waals surface area (Å²) in [6.45, 7) is 6.44. The molecule has 1 rings (SSSR count). The van der Waals surface area contributed by atoms with Crippen LogP contribution in [0, 0.1) is 11.2 Å². The van der Waals surface area contributed by atoms with E-state index in [4.69, 9.17) is 4.74 Å². The molecule has 0 saturated heterocycles. The molecule has 1 aromatic rings. The highest BCUT2D eigenvalue weighted by atomic mass is 19.1. The third-order valence-electron chi connectivity index (χ3n) is 3.08. The molecule has 1 unspecified atom stereocenters. The largest absolute Gasteiger partial charge is 0.494 e. The van der Waals surface area contributed by atoms with E-state index >= 15 is 0 Å². The fourth-order valence-electron chi connectivity index (χ4n) is 1.93. The van der Waals surface area contributed by atoms with E-state index in [0.29, 0.717) is 17.7 Å². The van der Waals surface area contributed by atoms with Crippen molar-refractivity contribution < 1.29 is 9.13 Å². The van der Waals surface area contributed by atoms with Crippen LogP contribution in [0.1, 0.15) is 26.3 Å². The van der Waals surface area contributed by atoms with Gasteiger partial charge >= 0.3 is 0 Å². The standard InChI is InChI=1S/C14H22FNO/c1-14(2,3)12(16-4)9-10-7-6-8-11(17-5)13(10)15/h6-8,12,16H,9H2,1-5H3. The fraction of sp³-hybridized carbons (Fsp3) is 0.571. The van der Waals surface area contributed by atoms with E-state index in [0.717, 1.165) is 0 Å². The van der Waals surface area contributed by atoms with Crippen molar-refractivity contribution in [3.05, 3.63) is 29.6 Å². The number of likely N-dealkylation sites (N-methyl/N-ethyl adjacent to an activating group) is 1. The molecular formula is C14H22FNO. The highest BCUT2D eigenvalue weighted by Crippen LogP contribution is 2.26. The second-order valence-corrected chi connectivity index (χ2v) is 5.34. The third-order valence-corrected chi connectivity index (χ3v) is 3.08. The van der Waals surface area contributed by atoms with Gasteiger partial charge in [-0.05, 0) is 30.5 Å². The number of rotatable bonds is 4. The minimum absolute atomic E-state index is 0.0876. The van der Waals surface area contributed by atoms with Crippen molar-refractivity contribution in [1.82, 2.24) is 5.32 Å². The maximum atomic E-state index is 14.0. The fourth-order valence-corrected chi connectivity index (χ4v) is 1.93. The lowest BCUT2D eigenvalue weighted by molar-refractivity contribution is 0.277. The van der Waals surface area contributed by atoms with Gasteiger partial charge in [-0.25, -0.2) is 4.39 Å². The van der Waals surface area contributed by atoms with Gasteiger partial charge in [0.05, 0.1) is 7.11 Å². The van der Waals surface area contributed by atoms with E-state index in [2.05, 4.69) is 26.1 Å². The van der Waals surface area contributed by atoms with Gasteiger partial charge in [-0.3, -0.25) is 0 Å². The van der Waals surface area contributed by atoms with Crippen LogP contribution in [0.2, 0.25) is 0 Å². The molecule has 0 heterocycles. The van der Waals surface area contributed by atoms with E-state index < -0.39 is 0 Å². The minimum Gasteiger partial charge on any atom is -0.494 e. The Morgan fingerprint density at radius 1 is 1.35 bits per heavy atom. The Morgan fingerprint density at radius 2 is 2.00 bits per heavy atom. The number of methoxy groups -OCH3 is 1. The lowest BCUT2D eigenvalue weighted by Crippen LogP contribution is -2.40. The number of hydrogen-bond donors (Lipinski definition) is 1. The summed E-state index contributed by atoms with van der Waals surface area (Å²) in [6.07, 6.45) is 0.656. The van der Waals surface area contributed by atoms with E-state index in [-0.39, 0.29) is 17.3 Å². The van der Waals surface area contributed by atoms with Crippen LogP contribution in [0.25, 0.3) is 0 Å². The Labute approximate surface area is 103 Å². The summed E-state index contributed by atoms with van der Waals surface area (Å²) in [5.74, 6) is 0.0609. The van der Waals surface area contributed by atoms with E-state index in [1.807, 2.05) is 19.2 Å². The van der Waals surface area contributed by atoms with Gasteiger partial charge < -0.3 is 10.1 Å². The van der Waals surface area contributed by atoms with Crippen LogP contribution in [0.4, 0.5) is 4.39 Å². The first kappa shape index (κ1) is 14.0. The molecule has 96 valence electrons. The lowest BCUT2D eigenvalue weighted by Gasteiger charge is -2.30. The molecule has 0 aliphatic rings. The van der Waals surface area contributed by atoms with Gasteiger partial charge in [-0.2, -0.15) is 0 Å². The van der Waals surface area contributed by atoms with E-state index in [1.54, 1.807) is 6.07 Å². The summed E-state index contributed by atoms with van der Waals surface area (Å²) in [5.41, 5.74) is 0.781. The summed E-state index contributed by atoms with van der Waals surface area (Å²) < 4.78 is 19.0. The molecule has 0 aliphatic heterocycles. The van der Waals surface area contributed by atoms with Crippen LogP contribution >= 0.6 is 0 Å². The van der Waals surface area contributed by atoms with Crippen LogP contribution in [0.3, 0.4) is 0 Å². The molecule has 3 heteroatoms. The van der Waals surface area contributed by atoms with Crippen molar-refractivity contribution in [2.45, 2.75) is 33.2 Å². The summed E-state index contributed by atoms with van der Waals surface area (Å²) in [6, 6.07) is 5.51. The number of ether oxygens (including phenoxy) is 1. The Morgan fingerprint density at radius 3 is 2.47 bits per heavy atom. The van der Waals surface area contributed by atoms with Gasteiger partial charge in [0.25, 0.3) is 0 Å². The summed E-state index contributed by atoms with van der Waals surface area (Å²) in [4.78, 5) is 0. The van der Waals surface area contributed by atoms with Crippen molar-refractivity contribution in [3.63, 3.8) is 0 Å². The number of halogens is 1. The van der Waals surface area contributed by atoms with Gasteiger partial charge in [0.2, 0.25) is 0 Å². The molecule has 1 aromatic carbocycles. The molecule has 0 spiro atoms. The molecule has 17 heavy (non-hydrogen) atoms. The van der Waals surface area contributed by atoms with Crippen LogP contribution < -0.4 is 10.1 Å². The van der Waals surface area contributed by atoms with Gasteiger partial charge in [-0.1, -0.05) is 32.9 Å². The van der Waals surface area contributed by atoms with E-state index in [1.165, 1.54) is 7.11 Å². The van der Waals surface area contributed by atoms with E-state index in [9.17, 15) is 4.39 Å². The molecule has 0 amide bonds. The number of nitrogens with one attached hydrogen (secondary N) is 1. The predicted molar refractivity (Wildman–Crippen MR) is 69.0 cm³/mol. The second-order valence-electron chi connectivity index (χ2n) is 5.34. The first-order chi connectivity index (χ1) is 7.90. The quantitative estimate of drug-likeness (QED) is 0.872. The van der Waals surface area contributed by atoms with Gasteiger partial charge in [-0.15, -0.1) is 0 Å². The summed E-state index contributed by atoms with van der Waals surface area (Å²) in [5, 5.41) is 3.25. The molecule has 1 N–H and O–H groups in total. The molecule has 2 nitrogen and oxygen atoms in total. The Bertz CT molecular complexity index is 371. The monoisotopic (exact) mass is 239 g/mol. The smallest absolute Gasteiger partial charge is 0.168 e. The van der Waals surface area contributed by atoms with Crippen molar-refractivity contribution in [2.24, 2.45) is 5.41 Å². The molecule has 0 saturated carbocycles. The Hall–Kier alpha value is -1.09. The molecule has 1 atom stereocenters. The summed E-state index contributed by atoms with van der Waals surface area (Å²) in [7, 11) is 3.40. The van der Waals surface area contributed by atoms with Crippen LogP contribution in [0.15, 0.2) is 18.2 Å². The maximum absolute atomic E-state index is 14.0. The second kappa shape index (κ2) is 5.50. The first-order valence-corrected chi connectivity index (χ1v) is 5.88. The molecule has 0 aliphatic carbocycles. The lowest BCUT2D eigenvalue weighted by atomic mass is 9.83. The molecule has 0 fully saturated rings. The average molecular weight is 239 g/mol. The Balaban J connectivity index is 2.94. The third kappa shape index (κ3) is 3.43. The predicted octanol–water partition coefficient (Wildman–Crippen LogP) is 3.01. The van der Waals surface area contributed by atoms with Gasteiger partial charge in [0.15, 0.2) is 11.6 Å². The maximum Gasteiger partial charge on any atom is 0.168 e. The normalized spacial score (nSPS) is 13.5. The van der Waals surface area contributed by atoms with Crippen molar-refractivity contribution in [2.75, 3.05) is 14.2 Å². The molecule has 0 bridgehead atoms. The van der Waals surface area contributed by atoms with Crippen molar-refractivity contribution in [3.8, 4) is 5.75 Å². The van der Waals surface area contributed by atoms with Gasteiger partial charge in [0.1, 0.15) is 0 Å². The van der Waals surface area contributed by atoms with Crippen LogP contribution in [0.5, 0.6) is 5.75 Å². The topological polar surface area (TPSA) is 21.3 Å². The molecule has 0 aromatic heterocycles. The van der Waals surface area contributed by atoms with Gasteiger partial charge in [0, 0.05) is 6.04 Å². The zero-order valence-corrected chi connectivity index (χ0v) is 11.3. The van der Waals surface area contributed by atoms with Crippen molar-refractivity contribution in [1.29, 1.82) is 0 Å². The SMILES string of the molecule is CNC(Cc1cccc(OC)c1F)C(C)(C)C. The zero-order valence-electron chi connectivity index (χ0n) is 11.3. The Kier molecular flexibility index (Phi) is 4.52. The number of benzene rings is 1. The highest BCUT2D eigenvalue weighted by Gasteiger charge is 2.24. The molecular weight excluding hydrogens is 217 g/mol. The van der Waals surface area contributed by atoms with Crippen molar-refractivity contribution >= 4 is 0 Å². The highest BCUT2D eigenvalue weighted by molar-refractivity contribution is 5.31. The minimum atomic E-state index is -0.250. The van der Waals surface area contributed by atoms with Crippen LogP contribution in [-0.4, -0.2) is 20.2 Å². The first-order valence-electron chi connectivity index (χ1n) is 5.88. The zero-order chi connectivity index (χ0) is 13.1.